The Morgan fingerprint density at radius 2 is 1.43 bits per heavy atom. The first-order valence-corrected chi connectivity index (χ1v) is 13.0. The molecule has 2 aliphatic rings. The largest absolute Gasteiger partial charge is 0.516 e. The molecule has 8 nitrogen and oxygen atoms in total. The number of hydrogen-bond donors (Lipinski definition) is 2. The fourth-order valence-electron chi connectivity index (χ4n) is 4.69. The van der Waals surface area contributed by atoms with Gasteiger partial charge in [-0.15, -0.1) is 0 Å². The number of hydrogen-bond acceptors (Lipinski definition) is 6. The number of carbonyl (C=O) groups is 1. The average Bonchev–Trinajstić information content (AvgIpc) is 3.55. The SMILES string of the molecule is O=C(N[C@@H]1C[C@H](CO)[C@@H]2[C@H]1N2P(=O)(Oc1ccccc1)Oc1ccccc1)OCc1ccccc1. The predicted octanol–water partition coefficient (Wildman–Crippen LogP) is 4.61. The smallest absolute Gasteiger partial charge is 0.445 e. The third-order valence-corrected chi connectivity index (χ3v) is 8.27. The Labute approximate surface area is 204 Å². The maximum absolute atomic E-state index is 14.2. The number of para-hydroxylation sites is 2. The van der Waals surface area contributed by atoms with Gasteiger partial charge in [-0.2, -0.15) is 4.67 Å². The maximum Gasteiger partial charge on any atom is 0.516 e. The second-order valence-corrected chi connectivity index (χ2v) is 10.4. The van der Waals surface area contributed by atoms with Crippen LogP contribution in [0, 0.1) is 5.92 Å². The van der Waals surface area contributed by atoms with E-state index >= 15 is 0 Å². The fourth-order valence-corrected chi connectivity index (χ4v) is 6.91. The third-order valence-electron chi connectivity index (χ3n) is 6.28. The van der Waals surface area contributed by atoms with Gasteiger partial charge >= 0.3 is 13.8 Å². The summed E-state index contributed by atoms with van der Waals surface area (Å²) < 4.78 is 33.1. The molecule has 1 saturated carbocycles. The number of ether oxygens (including phenoxy) is 1. The van der Waals surface area contributed by atoms with Gasteiger partial charge < -0.3 is 24.2 Å². The van der Waals surface area contributed by atoms with Gasteiger partial charge in [-0.3, -0.25) is 0 Å². The van der Waals surface area contributed by atoms with Gasteiger partial charge in [0.25, 0.3) is 0 Å². The first-order valence-electron chi connectivity index (χ1n) is 11.5. The van der Waals surface area contributed by atoms with Crippen LogP contribution in [-0.4, -0.2) is 40.6 Å². The highest BCUT2D eigenvalue weighted by Gasteiger charge is 2.70. The zero-order valence-electron chi connectivity index (χ0n) is 19.0. The standard InChI is InChI=1S/C26H27N2O6P/c29-17-20-16-23(27-26(30)32-18-19-10-4-1-5-11-19)25-24(20)28(25)35(31,33-21-12-6-2-7-13-21)34-22-14-8-3-9-15-22/h1-15,20,23-25,29H,16-18H2,(H,27,30)/t20-,23-,24-,25+,28?/m1/s1. The summed E-state index contributed by atoms with van der Waals surface area (Å²) in [5, 5.41) is 12.9. The summed E-state index contributed by atoms with van der Waals surface area (Å²) in [4.78, 5) is 12.5. The second kappa shape index (κ2) is 10.1. The molecule has 5 rings (SSSR count). The van der Waals surface area contributed by atoms with Crippen molar-refractivity contribution in [1.29, 1.82) is 0 Å². The highest BCUT2D eigenvalue weighted by molar-refractivity contribution is 7.52. The minimum absolute atomic E-state index is 0.106. The van der Waals surface area contributed by atoms with Gasteiger partial charge in [-0.25, -0.2) is 9.36 Å². The van der Waals surface area contributed by atoms with Crippen molar-refractivity contribution in [2.24, 2.45) is 5.92 Å². The normalized spacial score (nSPS) is 24.8. The van der Waals surface area contributed by atoms with E-state index < -0.39 is 13.8 Å². The molecule has 1 unspecified atom stereocenters. The number of rotatable bonds is 9. The molecule has 0 spiro atoms. The Balaban J connectivity index is 1.32. The van der Waals surface area contributed by atoms with E-state index in [-0.39, 0.29) is 37.3 Å². The Kier molecular flexibility index (Phi) is 6.77. The molecule has 3 aromatic rings. The molecule has 1 saturated heterocycles. The molecule has 1 aliphatic heterocycles. The molecule has 0 bridgehead atoms. The highest BCUT2D eigenvalue weighted by Crippen LogP contribution is 2.65. The molecule has 1 aliphatic carbocycles. The van der Waals surface area contributed by atoms with Crippen LogP contribution in [0.1, 0.15) is 12.0 Å². The molecule has 9 heteroatoms. The zero-order chi connectivity index (χ0) is 24.3. The van der Waals surface area contributed by atoms with Crippen LogP contribution in [0.3, 0.4) is 0 Å². The lowest BCUT2D eigenvalue weighted by atomic mass is 10.1. The molecule has 0 radical (unpaired) electrons. The average molecular weight is 494 g/mol. The second-order valence-electron chi connectivity index (χ2n) is 8.63. The first-order chi connectivity index (χ1) is 17.1. The summed E-state index contributed by atoms with van der Waals surface area (Å²) in [7, 11) is -3.87. The summed E-state index contributed by atoms with van der Waals surface area (Å²) in [5.74, 6) is 0.625. The van der Waals surface area contributed by atoms with E-state index in [2.05, 4.69) is 5.32 Å². The van der Waals surface area contributed by atoms with Crippen molar-refractivity contribution in [3.8, 4) is 11.5 Å². The Hall–Kier alpha value is -3.32. The van der Waals surface area contributed by atoms with Gasteiger partial charge in [0.15, 0.2) is 0 Å². The van der Waals surface area contributed by atoms with Crippen molar-refractivity contribution in [2.75, 3.05) is 6.61 Å². The Morgan fingerprint density at radius 3 is 1.97 bits per heavy atom. The van der Waals surface area contributed by atoms with E-state index in [1.54, 1.807) is 53.2 Å². The van der Waals surface area contributed by atoms with Crippen LogP contribution >= 0.6 is 7.75 Å². The van der Waals surface area contributed by atoms with Gasteiger partial charge in [0.1, 0.15) is 18.1 Å². The quantitative estimate of drug-likeness (QED) is 0.331. The summed E-state index contributed by atoms with van der Waals surface area (Å²) >= 11 is 0. The number of nitrogens with one attached hydrogen (secondary N) is 1. The van der Waals surface area contributed by atoms with Crippen LogP contribution in [0.25, 0.3) is 0 Å². The van der Waals surface area contributed by atoms with Crippen molar-refractivity contribution in [1.82, 2.24) is 9.99 Å². The minimum Gasteiger partial charge on any atom is -0.445 e. The van der Waals surface area contributed by atoms with E-state index in [9.17, 15) is 14.5 Å². The number of piperidine rings is 1. The molecule has 2 N–H and O–H groups in total. The number of amides is 1. The highest BCUT2D eigenvalue weighted by atomic mass is 31.2. The van der Waals surface area contributed by atoms with Crippen molar-refractivity contribution >= 4 is 13.8 Å². The zero-order valence-corrected chi connectivity index (χ0v) is 19.9. The van der Waals surface area contributed by atoms with Crippen LogP contribution in [0.5, 0.6) is 11.5 Å². The monoisotopic (exact) mass is 494 g/mol. The summed E-state index contributed by atoms with van der Waals surface area (Å²) in [6, 6.07) is 26.1. The number of aliphatic hydroxyl groups excluding tert-OH is 1. The van der Waals surface area contributed by atoms with E-state index in [1.165, 1.54) is 0 Å². The minimum atomic E-state index is -3.87. The first kappa shape index (κ1) is 23.4. The number of fused-ring (bicyclic) bond motifs is 1. The number of benzene rings is 3. The van der Waals surface area contributed by atoms with E-state index in [1.807, 2.05) is 42.5 Å². The molecular formula is C26H27N2O6P. The molecule has 35 heavy (non-hydrogen) atoms. The summed E-state index contributed by atoms with van der Waals surface area (Å²) in [5.41, 5.74) is 0.880. The molecule has 182 valence electrons. The lowest BCUT2D eigenvalue weighted by Crippen LogP contribution is -2.40. The molecule has 1 amide bonds. The molecule has 5 atom stereocenters. The molecule has 3 aromatic carbocycles. The fraction of sp³-hybridized carbons (Fsp3) is 0.269. The van der Waals surface area contributed by atoms with Crippen molar-refractivity contribution in [2.45, 2.75) is 31.2 Å². The van der Waals surface area contributed by atoms with Crippen LogP contribution in [-0.2, 0) is 15.9 Å². The van der Waals surface area contributed by atoms with E-state index in [0.29, 0.717) is 17.9 Å². The van der Waals surface area contributed by atoms with E-state index in [4.69, 9.17) is 13.8 Å². The number of alkyl carbamates (subject to hydrolysis) is 1. The summed E-state index contributed by atoms with van der Waals surface area (Å²) in [6.07, 6.45) is -0.0229. The molecular weight excluding hydrogens is 467 g/mol. The lowest BCUT2D eigenvalue weighted by molar-refractivity contribution is 0.132. The van der Waals surface area contributed by atoms with Crippen LogP contribution in [0.2, 0.25) is 0 Å². The van der Waals surface area contributed by atoms with Gasteiger partial charge in [-0.05, 0) is 36.2 Å². The van der Waals surface area contributed by atoms with Crippen molar-refractivity contribution in [3.05, 3.63) is 96.6 Å². The molecule has 2 fully saturated rings. The Morgan fingerprint density at radius 1 is 0.886 bits per heavy atom. The van der Waals surface area contributed by atoms with Crippen molar-refractivity contribution in [3.63, 3.8) is 0 Å². The van der Waals surface area contributed by atoms with E-state index in [0.717, 1.165) is 5.56 Å². The van der Waals surface area contributed by atoms with Gasteiger partial charge in [0.2, 0.25) is 0 Å². The number of carbonyl (C=O) groups excluding carboxylic acids is 1. The number of aliphatic hydroxyl groups is 1. The number of nitrogens with zero attached hydrogens (tertiary/aromatic N) is 1. The lowest BCUT2D eigenvalue weighted by Gasteiger charge is -2.26. The predicted molar refractivity (Wildman–Crippen MR) is 130 cm³/mol. The van der Waals surface area contributed by atoms with Crippen LogP contribution < -0.4 is 14.4 Å². The third kappa shape index (κ3) is 5.20. The topological polar surface area (TPSA) is 97.1 Å². The van der Waals surface area contributed by atoms with Gasteiger partial charge in [0.05, 0.1) is 12.1 Å². The summed E-state index contributed by atoms with van der Waals surface area (Å²) in [6.45, 7) is 0.0406. The van der Waals surface area contributed by atoms with Gasteiger partial charge in [0, 0.05) is 18.6 Å². The van der Waals surface area contributed by atoms with Crippen LogP contribution in [0.4, 0.5) is 4.79 Å². The molecule has 1 heterocycles. The van der Waals surface area contributed by atoms with Crippen LogP contribution in [0.15, 0.2) is 91.0 Å². The Bertz CT molecular complexity index is 1130. The van der Waals surface area contributed by atoms with Gasteiger partial charge in [-0.1, -0.05) is 66.7 Å². The molecule has 0 aromatic heterocycles. The van der Waals surface area contributed by atoms with Crippen molar-refractivity contribution < 1.29 is 28.3 Å². The maximum atomic E-state index is 14.2.